The normalized spacial score (nSPS) is 20.5. The highest BCUT2D eigenvalue weighted by Crippen LogP contribution is 2.21. The van der Waals surface area contributed by atoms with Crippen LogP contribution in [-0.4, -0.2) is 34.4 Å². The number of carbonyl (C=O) groups is 1. The number of nitrogens with two attached hydrogens (primary N) is 1. The quantitative estimate of drug-likeness (QED) is 0.897. The van der Waals surface area contributed by atoms with Gasteiger partial charge in [-0.25, -0.2) is 0 Å². The summed E-state index contributed by atoms with van der Waals surface area (Å²) >= 11 is 0. The van der Waals surface area contributed by atoms with Crippen molar-refractivity contribution < 1.29 is 4.79 Å². The molecule has 2 atom stereocenters. The van der Waals surface area contributed by atoms with Crippen molar-refractivity contribution >= 4 is 16.8 Å². The summed E-state index contributed by atoms with van der Waals surface area (Å²) in [6.07, 6.45) is 4.73. The summed E-state index contributed by atoms with van der Waals surface area (Å²) in [5.74, 6) is 0.0836. The van der Waals surface area contributed by atoms with Crippen molar-refractivity contribution in [1.82, 2.24) is 9.88 Å². The third kappa shape index (κ3) is 2.31. The van der Waals surface area contributed by atoms with Gasteiger partial charge in [0.15, 0.2) is 0 Å². The summed E-state index contributed by atoms with van der Waals surface area (Å²) in [5.41, 5.74) is 8.35. The Hall–Kier alpha value is -1.81. The minimum Gasteiger partial charge on any atom is -0.361 e. The molecule has 3 rings (SSSR count). The Balaban J connectivity index is 1.75. The summed E-state index contributed by atoms with van der Waals surface area (Å²) < 4.78 is 0. The Morgan fingerprint density at radius 3 is 3.05 bits per heavy atom. The second-order valence-corrected chi connectivity index (χ2v) is 5.69. The van der Waals surface area contributed by atoms with Crippen LogP contribution >= 0.6 is 0 Å². The van der Waals surface area contributed by atoms with E-state index in [2.05, 4.69) is 18.0 Å². The molecule has 0 radical (unpaired) electrons. The molecule has 2 aromatic rings. The van der Waals surface area contributed by atoms with Crippen LogP contribution in [-0.2, 0) is 11.2 Å². The number of nitrogens with one attached hydrogen (secondary N) is 1. The van der Waals surface area contributed by atoms with E-state index in [-0.39, 0.29) is 5.91 Å². The zero-order chi connectivity index (χ0) is 14.1. The average Bonchev–Trinajstić information content (AvgIpc) is 3.05. The minimum atomic E-state index is -0.449. The summed E-state index contributed by atoms with van der Waals surface area (Å²) in [6, 6.07) is 7.99. The molecule has 1 amide bonds. The Morgan fingerprint density at radius 1 is 1.50 bits per heavy atom. The molecule has 0 saturated carbocycles. The molecule has 4 nitrogen and oxygen atoms in total. The van der Waals surface area contributed by atoms with Crippen LogP contribution in [0, 0.1) is 0 Å². The monoisotopic (exact) mass is 271 g/mol. The predicted octanol–water partition coefficient (Wildman–Crippen LogP) is 2.05. The van der Waals surface area contributed by atoms with Crippen LogP contribution in [0.15, 0.2) is 30.5 Å². The topological polar surface area (TPSA) is 62.1 Å². The number of benzene rings is 1. The zero-order valence-corrected chi connectivity index (χ0v) is 11.8. The van der Waals surface area contributed by atoms with Crippen LogP contribution in [0.4, 0.5) is 0 Å². The maximum atomic E-state index is 12.4. The van der Waals surface area contributed by atoms with Crippen LogP contribution in [0.5, 0.6) is 0 Å². The molecule has 3 N–H and O–H groups in total. The van der Waals surface area contributed by atoms with Gasteiger partial charge in [-0.1, -0.05) is 18.2 Å². The number of fused-ring (bicyclic) bond motifs is 1. The van der Waals surface area contributed by atoms with Gasteiger partial charge in [-0.15, -0.1) is 0 Å². The summed E-state index contributed by atoms with van der Waals surface area (Å²) in [4.78, 5) is 17.6. The fraction of sp³-hybridized carbons (Fsp3) is 0.438. The third-order valence-electron chi connectivity index (χ3n) is 4.27. The Labute approximate surface area is 118 Å². The molecule has 0 aliphatic carbocycles. The van der Waals surface area contributed by atoms with Crippen LogP contribution < -0.4 is 5.73 Å². The van der Waals surface area contributed by atoms with Gasteiger partial charge in [-0.05, 0) is 37.8 Å². The van der Waals surface area contributed by atoms with Gasteiger partial charge in [0.1, 0.15) is 0 Å². The lowest BCUT2D eigenvalue weighted by Crippen LogP contribution is -2.46. The lowest BCUT2D eigenvalue weighted by molar-refractivity contribution is -0.133. The molecular weight excluding hydrogens is 250 g/mol. The van der Waals surface area contributed by atoms with E-state index in [0.29, 0.717) is 12.5 Å². The van der Waals surface area contributed by atoms with E-state index in [0.717, 1.165) is 35.9 Å². The summed E-state index contributed by atoms with van der Waals surface area (Å²) in [6.45, 7) is 2.95. The van der Waals surface area contributed by atoms with Crippen LogP contribution in [0.25, 0.3) is 10.9 Å². The van der Waals surface area contributed by atoms with E-state index in [1.165, 1.54) is 0 Å². The zero-order valence-electron chi connectivity index (χ0n) is 11.8. The van der Waals surface area contributed by atoms with E-state index >= 15 is 0 Å². The molecule has 1 aliphatic rings. The van der Waals surface area contributed by atoms with Gasteiger partial charge in [0.2, 0.25) is 5.91 Å². The molecule has 1 aliphatic heterocycles. The van der Waals surface area contributed by atoms with E-state index < -0.39 is 6.04 Å². The first-order valence-corrected chi connectivity index (χ1v) is 7.28. The first-order valence-electron chi connectivity index (χ1n) is 7.28. The highest BCUT2D eigenvalue weighted by atomic mass is 16.2. The third-order valence-corrected chi connectivity index (χ3v) is 4.27. The molecule has 106 valence electrons. The fourth-order valence-electron chi connectivity index (χ4n) is 3.10. The number of carbonyl (C=O) groups excluding carboxylic acids is 1. The van der Waals surface area contributed by atoms with Crippen molar-refractivity contribution in [1.29, 1.82) is 0 Å². The first kappa shape index (κ1) is 13.2. The molecule has 2 heterocycles. The van der Waals surface area contributed by atoms with Crippen LogP contribution in [0.3, 0.4) is 0 Å². The molecule has 20 heavy (non-hydrogen) atoms. The smallest absolute Gasteiger partial charge is 0.240 e. The highest BCUT2D eigenvalue weighted by molar-refractivity contribution is 5.86. The second kappa shape index (κ2) is 5.29. The molecule has 1 fully saturated rings. The van der Waals surface area contributed by atoms with E-state index in [1.807, 2.05) is 29.3 Å². The number of likely N-dealkylation sites (tertiary alicyclic amines) is 1. The van der Waals surface area contributed by atoms with Crippen molar-refractivity contribution in [3.8, 4) is 0 Å². The first-order chi connectivity index (χ1) is 9.66. The van der Waals surface area contributed by atoms with Crippen LogP contribution in [0.1, 0.15) is 25.3 Å². The lowest BCUT2D eigenvalue weighted by atomic mass is 10.0. The number of para-hydroxylation sites is 1. The van der Waals surface area contributed by atoms with Crippen molar-refractivity contribution in [3.63, 3.8) is 0 Å². The van der Waals surface area contributed by atoms with Crippen molar-refractivity contribution in [2.75, 3.05) is 6.54 Å². The van der Waals surface area contributed by atoms with E-state index in [4.69, 9.17) is 5.73 Å². The predicted molar refractivity (Wildman–Crippen MR) is 80.4 cm³/mol. The molecule has 2 unspecified atom stereocenters. The fourth-order valence-corrected chi connectivity index (χ4v) is 3.10. The van der Waals surface area contributed by atoms with Gasteiger partial charge in [0, 0.05) is 29.7 Å². The molecule has 0 spiro atoms. The number of H-pyrrole nitrogens is 1. The maximum absolute atomic E-state index is 12.4. The maximum Gasteiger partial charge on any atom is 0.240 e. The Bertz CT molecular complexity index is 619. The molecule has 0 bridgehead atoms. The Kier molecular flexibility index (Phi) is 3.49. The average molecular weight is 271 g/mol. The summed E-state index contributed by atoms with van der Waals surface area (Å²) in [7, 11) is 0. The van der Waals surface area contributed by atoms with Crippen LogP contribution in [0.2, 0.25) is 0 Å². The van der Waals surface area contributed by atoms with E-state index in [9.17, 15) is 4.79 Å². The number of nitrogens with zero attached hydrogens (tertiary/aromatic N) is 1. The van der Waals surface area contributed by atoms with Gasteiger partial charge in [0.05, 0.1) is 6.04 Å². The number of rotatable bonds is 3. The van der Waals surface area contributed by atoms with Gasteiger partial charge >= 0.3 is 0 Å². The van der Waals surface area contributed by atoms with E-state index in [1.54, 1.807) is 0 Å². The molecule has 4 heteroatoms. The van der Waals surface area contributed by atoms with Crippen molar-refractivity contribution in [2.45, 2.75) is 38.3 Å². The lowest BCUT2D eigenvalue weighted by Gasteiger charge is -2.24. The van der Waals surface area contributed by atoms with Gasteiger partial charge in [0.25, 0.3) is 0 Å². The SMILES string of the molecule is CC1CCCN1C(=O)C(N)Cc1c[nH]c2ccccc12. The molecule has 1 saturated heterocycles. The number of hydrogen-bond acceptors (Lipinski definition) is 2. The molecular formula is C16H21N3O. The molecule has 1 aromatic heterocycles. The van der Waals surface area contributed by atoms with Gasteiger partial charge in [-0.2, -0.15) is 0 Å². The largest absolute Gasteiger partial charge is 0.361 e. The number of aromatic amines is 1. The van der Waals surface area contributed by atoms with Gasteiger partial charge in [-0.3, -0.25) is 4.79 Å². The number of hydrogen-bond donors (Lipinski definition) is 2. The number of amides is 1. The van der Waals surface area contributed by atoms with Crippen molar-refractivity contribution in [2.24, 2.45) is 5.73 Å². The highest BCUT2D eigenvalue weighted by Gasteiger charge is 2.29. The number of aromatic nitrogens is 1. The minimum absolute atomic E-state index is 0.0836. The van der Waals surface area contributed by atoms with Crippen molar-refractivity contribution in [3.05, 3.63) is 36.0 Å². The summed E-state index contributed by atoms with van der Waals surface area (Å²) in [5, 5.41) is 1.16. The standard InChI is InChI=1S/C16H21N3O/c1-11-5-4-8-19(11)16(20)14(17)9-12-10-18-15-7-3-2-6-13(12)15/h2-3,6-7,10-11,14,18H,4-5,8-9,17H2,1H3. The Morgan fingerprint density at radius 2 is 2.30 bits per heavy atom. The molecule has 1 aromatic carbocycles. The second-order valence-electron chi connectivity index (χ2n) is 5.69. The van der Waals surface area contributed by atoms with Gasteiger partial charge < -0.3 is 15.6 Å².